The third kappa shape index (κ3) is 3.99. The van der Waals surface area contributed by atoms with Gasteiger partial charge in [0.25, 0.3) is 0 Å². The summed E-state index contributed by atoms with van der Waals surface area (Å²) in [4.78, 5) is 17.6. The van der Waals surface area contributed by atoms with E-state index in [1.807, 2.05) is 18.2 Å². The number of aromatic nitrogens is 2. The predicted octanol–water partition coefficient (Wildman–Crippen LogP) is 8.29. The topological polar surface area (TPSA) is 80.1 Å². The molecule has 0 spiro atoms. The number of aliphatic imine (C=N–C) groups is 2. The van der Waals surface area contributed by atoms with Crippen molar-refractivity contribution in [2.24, 2.45) is 9.98 Å². The van der Waals surface area contributed by atoms with Gasteiger partial charge in [-0.05, 0) is 117 Å². The average Bonchev–Trinajstić information content (AvgIpc) is 3.73. The van der Waals surface area contributed by atoms with Crippen molar-refractivity contribution in [3.8, 4) is 17.5 Å². The molecule has 5 nitrogen and oxygen atoms in total. The first kappa shape index (κ1) is 25.7. The van der Waals surface area contributed by atoms with Gasteiger partial charge in [-0.25, -0.2) is 9.98 Å². The minimum absolute atomic E-state index is 0.581. The summed E-state index contributed by atoms with van der Waals surface area (Å²) in [6.07, 6.45) is 8.23. The molecular formula is C37H31N5. The zero-order valence-corrected chi connectivity index (χ0v) is 24.7. The minimum Gasteiger partial charge on any atom is -0.353 e. The smallest absolute Gasteiger partial charge is 0.101 e. The van der Waals surface area contributed by atoms with E-state index in [2.05, 4.69) is 106 Å². The lowest BCUT2D eigenvalue weighted by Gasteiger charge is -2.17. The molecule has 42 heavy (non-hydrogen) atoms. The molecule has 204 valence electrons. The molecule has 3 aliphatic heterocycles. The molecule has 5 heteroatoms. The molecule has 0 fully saturated rings. The van der Waals surface area contributed by atoms with Gasteiger partial charge in [-0.2, -0.15) is 5.26 Å². The van der Waals surface area contributed by atoms with Gasteiger partial charge in [-0.3, -0.25) is 0 Å². The number of aromatic amines is 2. The number of rotatable bonds is 2. The third-order valence-corrected chi connectivity index (χ3v) is 8.34. The van der Waals surface area contributed by atoms with Gasteiger partial charge in [-0.1, -0.05) is 35.4 Å². The number of nitriles is 1. The van der Waals surface area contributed by atoms with Crippen LogP contribution in [0, 0.1) is 52.9 Å². The highest BCUT2D eigenvalue weighted by atomic mass is 14.9. The van der Waals surface area contributed by atoms with E-state index in [9.17, 15) is 5.26 Å². The Morgan fingerprint density at radius 3 is 1.62 bits per heavy atom. The van der Waals surface area contributed by atoms with Crippen molar-refractivity contribution >= 4 is 22.6 Å². The first-order chi connectivity index (χ1) is 20.2. The summed E-state index contributed by atoms with van der Waals surface area (Å²) in [5.41, 5.74) is 18.8. The summed E-state index contributed by atoms with van der Waals surface area (Å²) in [6, 6.07) is 17.4. The van der Waals surface area contributed by atoms with E-state index in [0.29, 0.717) is 5.56 Å². The van der Waals surface area contributed by atoms with E-state index in [4.69, 9.17) is 9.98 Å². The van der Waals surface area contributed by atoms with Crippen LogP contribution in [0.5, 0.6) is 0 Å². The molecule has 8 bridgehead atoms. The number of H-pyrrole nitrogens is 2. The van der Waals surface area contributed by atoms with Gasteiger partial charge in [-0.15, -0.1) is 0 Å². The van der Waals surface area contributed by atoms with Gasteiger partial charge >= 0.3 is 0 Å². The lowest BCUT2D eigenvalue weighted by Crippen LogP contribution is -2.05. The highest BCUT2D eigenvalue weighted by Gasteiger charge is 2.26. The van der Waals surface area contributed by atoms with Crippen LogP contribution in [0.2, 0.25) is 0 Å². The fourth-order valence-corrected chi connectivity index (χ4v) is 6.80. The van der Waals surface area contributed by atoms with E-state index < -0.39 is 0 Å². The Labute approximate surface area is 246 Å². The molecule has 0 saturated heterocycles. The Hall–Kier alpha value is -5.21. The van der Waals surface area contributed by atoms with Gasteiger partial charge in [0.2, 0.25) is 0 Å². The highest BCUT2D eigenvalue weighted by Crippen LogP contribution is 2.40. The van der Waals surface area contributed by atoms with Crippen molar-refractivity contribution < 1.29 is 0 Å². The molecule has 0 amide bonds. The Bertz CT molecular complexity index is 2040. The van der Waals surface area contributed by atoms with Gasteiger partial charge in [0.15, 0.2) is 0 Å². The van der Waals surface area contributed by atoms with Crippen molar-refractivity contribution in [1.29, 1.82) is 5.26 Å². The molecule has 0 unspecified atom stereocenters. The van der Waals surface area contributed by atoms with Crippen molar-refractivity contribution in [2.45, 2.75) is 41.5 Å². The second-order valence-electron chi connectivity index (χ2n) is 11.6. The van der Waals surface area contributed by atoms with Crippen LogP contribution in [0.25, 0.3) is 22.5 Å². The van der Waals surface area contributed by atoms with E-state index in [1.54, 1.807) is 0 Å². The Balaban J connectivity index is 1.56. The maximum absolute atomic E-state index is 10.3. The molecule has 2 aromatic carbocycles. The lowest BCUT2D eigenvalue weighted by molar-refractivity contribution is 1.23. The van der Waals surface area contributed by atoms with Crippen molar-refractivity contribution in [1.82, 2.24) is 9.97 Å². The number of benzene rings is 2. The molecule has 4 aromatic rings. The monoisotopic (exact) mass is 545 g/mol. The first-order valence-electron chi connectivity index (χ1n) is 14.2. The number of nitrogens with zero attached hydrogens (tertiary/aromatic N) is 3. The SMILES string of the molecule is Cc1cc(C)c(C2=C3C=CC(=N3)C3=NC(=C(c4c(C)cc(C)cc4C)c4[nH]c(cc4C#N)-c4ccc2[nH]4)C=C3)c(C)c1. The van der Waals surface area contributed by atoms with Crippen LogP contribution in [0.15, 0.2) is 88.1 Å². The molecule has 0 aliphatic carbocycles. The van der Waals surface area contributed by atoms with Crippen molar-refractivity contribution in [3.63, 3.8) is 0 Å². The van der Waals surface area contributed by atoms with E-state index >= 15 is 0 Å². The largest absolute Gasteiger partial charge is 0.353 e. The number of hydrogen-bond acceptors (Lipinski definition) is 3. The van der Waals surface area contributed by atoms with Crippen molar-refractivity contribution in [3.05, 3.63) is 140 Å². The van der Waals surface area contributed by atoms with Crippen LogP contribution < -0.4 is 0 Å². The molecular weight excluding hydrogens is 514 g/mol. The quantitative estimate of drug-likeness (QED) is 0.261. The Morgan fingerprint density at radius 1 is 0.571 bits per heavy atom. The normalized spacial score (nSPS) is 15.3. The maximum atomic E-state index is 10.3. The lowest BCUT2D eigenvalue weighted by atomic mass is 9.89. The highest BCUT2D eigenvalue weighted by molar-refractivity contribution is 6.52. The molecule has 3 aliphatic rings. The summed E-state index contributed by atoms with van der Waals surface area (Å²) in [6.45, 7) is 12.8. The fraction of sp³-hybridized carbons (Fsp3) is 0.162. The summed E-state index contributed by atoms with van der Waals surface area (Å²) in [5.74, 6) is 0. The van der Waals surface area contributed by atoms with E-state index in [1.165, 1.54) is 27.8 Å². The molecule has 0 radical (unpaired) electrons. The van der Waals surface area contributed by atoms with Gasteiger partial charge in [0.05, 0.1) is 45.5 Å². The molecule has 2 aromatic heterocycles. The van der Waals surface area contributed by atoms with Crippen LogP contribution in [-0.4, -0.2) is 21.4 Å². The van der Waals surface area contributed by atoms with Crippen LogP contribution in [0.4, 0.5) is 0 Å². The molecule has 2 N–H and O–H groups in total. The zero-order valence-electron chi connectivity index (χ0n) is 24.7. The van der Waals surface area contributed by atoms with E-state index in [0.717, 1.165) is 73.4 Å². The van der Waals surface area contributed by atoms with Crippen molar-refractivity contribution in [2.75, 3.05) is 0 Å². The molecule has 7 rings (SSSR count). The predicted molar refractivity (Wildman–Crippen MR) is 172 cm³/mol. The summed E-state index contributed by atoms with van der Waals surface area (Å²) in [5, 5.41) is 10.3. The van der Waals surface area contributed by atoms with Gasteiger partial charge < -0.3 is 9.97 Å². The zero-order chi connectivity index (χ0) is 29.3. The standard InChI is InChI=1S/C37H31N5/c1-19-13-21(3)33(22(4)14-19)35-29-10-7-26(39-29)27-8-12-31(40-27)36(34-23(5)15-20(2)16-24(34)6)37-25(18-38)17-32(42-37)28-9-11-30(35)41-28/h7-17,41-42H,1-6H3. The molecule has 0 saturated carbocycles. The number of allylic oxidation sites excluding steroid dienone is 4. The van der Waals surface area contributed by atoms with Crippen LogP contribution in [0.1, 0.15) is 61.5 Å². The second kappa shape index (κ2) is 9.43. The number of nitrogens with one attached hydrogen (secondary N) is 2. The average molecular weight is 546 g/mol. The molecule has 0 atom stereocenters. The van der Waals surface area contributed by atoms with Crippen LogP contribution in [0.3, 0.4) is 0 Å². The van der Waals surface area contributed by atoms with Gasteiger partial charge in [0.1, 0.15) is 6.07 Å². The summed E-state index contributed by atoms with van der Waals surface area (Å²) < 4.78 is 0. The number of aryl methyl sites for hydroxylation is 6. The summed E-state index contributed by atoms with van der Waals surface area (Å²) in [7, 11) is 0. The maximum Gasteiger partial charge on any atom is 0.101 e. The Morgan fingerprint density at radius 2 is 1.07 bits per heavy atom. The number of hydrogen-bond donors (Lipinski definition) is 2. The third-order valence-electron chi connectivity index (χ3n) is 8.34. The van der Waals surface area contributed by atoms with Crippen LogP contribution >= 0.6 is 0 Å². The Kier molecular flexibility index (Phi) is 5.78. The molecule has 5 heterocycles. The number of fused-ring (bicyclic) bond motifs is 8. The van der Waals surface area contributed by atoms with Crippen LogP contribution in [-0.2, 0) is 0 Å². The fourth-order valence-electron chi connectivity index (χ4n) is 6.80. The minimum atomic E-state index is 0.581. The van der Waals surface area contributed by atoms with Gasteiger partial charge in [0, 0.05) is 16.8 Å². The van der Waals surface area contributed by atoms with E-state index in [-0.39, 0.29) is 0 Å². The second-order valence-corrected chi connectivity index (χ2v) is 11.6. The summed E-state index contributed by atoms with van der Waals surface area (Å²) >= 11 is 0. The first-order valence-corrected chi connectivity index (χ1v) is 14.2.